The third kappa shape index (κ3) is 1.87. The number of hydrogen-bond donors (Lipinski definition) is 1. The Morgan fingerprint density at radius 3 is 3.00 bits per heavy atom. The van der Waals surface area contributed by atoms with Crippen LogP contribution in [0.2, 0.25) is 0 Å². The van der Waals surface area contributed by atoms with Gasteiger partial charge in [-0.25, -0.2) is 0 Å². The second kappa shape index (κ2) is 4.19. The first kappa shape index (κ1) is 10.3. The molecule has 0 saturated carbocycles. The van der Waals surface area contributed by atoms with Crippen LogP contribution >= 0.6 is 11.3 Å². The Bertz CT molecular complexity index is 480. The number of benzene rings is 1. The van der Waals surface area contributed by atoms with Gasteiger partial charge in [-0.2, -0.15) is 0 Å². The van der Waals surface area contributed by atoms with Crippen molar-refractivity contribution in [1.29, 1.82) is 0 Å². The largest absolute Gasteiger partial charge is 0.310 e. The molecule has 1 aromatic heterocycles. The topological polar surface area (TPSA) is 12.0 Å². The molecule has 2 aromatic rings. The van der Waals surface area contributed by atoms with Crippen LogP contribution in [0.4, 0.5) is 0 Å². The number of fused-ring (bicyclic) bond motifs is 1. The lowest BCUT2D eigenvalue weighted by molar-refractivity contribution is 0.333. The zero-order valence-electron chi connectivity index (χ0n) is 9.57. The Labute approximate surface area is 100 Å². The van der Waals surface area contributed by atoms with Crippen LogP contribution in [0.25, 0.3) is 10.1 Å². The van der Waals surface area contributed by atoms with Crippen LogP contribution in [0.5, 0.6) is 0 Å². The fourth-order valence-electron chi connectivity index (χ4n) is 2.49. The van der Waals surface area contributed by atoms with Crippen LogP contribution in [-0.2, 0) is 0 Å². The Balaban J connectivity index is 1.87. The molecule has 1 aromatic carbocycles. The summed E-state index contributed by atoms with van der Waals surface area (Å²) in [5.41, 5.74) is 1.46. The molecule has 16 heavy (non-hydrogen) atoms. The van der Waals surface area contributed by atoms with Gasteiger partial charge in [0.1, 0.15) is 0 Å². The van der Waals surface area contributed by atoms with Gasteiger partial charge in [-0.3, -0.25) is 0 Å². The maximum atomic E-state index is 3.65. The van der Waals surface area contributed by atoms with Gasteiger partial charge >= 0.3 is 0 Å². The van der Waals surface area contributed by atoms with E-state index < -0.39 is 0 Å². The third-order valence-corrected chi connectivity index (χ3v) is 4.44. The summed E-state index contributed by atoms with van der Waals surface area (Å²) in [7, 11) is 0. The number of hydrogen-bond acceptors (Lipinski definition) is 2. The summed E-state index contributed by atoms with van der Waals surface area (Å²) in [4.78, 5) is 0. The SMILES string of the molecule is C[C@H]1CC[C@H](c2ccc3sccc3c2)NC1. The van der Waals surface area contributed by atoms with Gasteiger partial charge in [0.25, 0.3) is 0 Å². The molecule has 1 N–H and O–H groups in total. The summed E-state index contributed by atoms with van der Waals surface area (Å²) in [5, 5.41) is 7.21. The van der Waals surface area contributed by atoms with Crippen molar-refractivity contribution < 1.29 is 0 Å². The first-order chi connectivity index (χ1) is 7.83. The maximum Gasteiger partial charge on any atom is 0.0342 e. The molecule has 1 fully saturated rings. The normalized spacial score (nSPS) is 26.1. The molecular weight excluding hydrogens is 214 g/mol. The smallest absolute Gasteiger partial charge is 0.0342 e. The Morgan fingerprint density at radius 1 is 1.25 bits per heavy atom. The lowest BCUT2D eigenvalue weighted by Crippen LogP contribution is -2.31. The molecule has 1 nitrogen and oxygen atoms in total. The standard InChI is InChI=1S/C14H17NS/c1-10-2-4-13(15-9-10)11-3-5-14-12(8-11)6-7-16-14/h3,5-8,10,13,15H,2,4,9H2,1H3/t10-,13+/m0/s1. The molecule has 0 radical (unpaired) electrons. The highest BCUT2D eigenvalue weighted by molar-refractivity contribution is 7.17. The lowest BCUT2D eigenvalue weighted by Gasteiger charge is -2.28. The van der Waals surface area contributed by atoms with E-state index in [-0.39, 0.29) is 0 Å². The minimum absolute atomic E-state index is 0.570. The number of thiophene rings is 1. The van der Waals surface area contributed by atoms with Gasteiger partial charge < -0.3 is 5.32 Å². The predicted molar refractivity (Wildman–Crippen MR) is 71.0 cm³/mol. The van der Waals surface area contributed by atoms with Gasteiger partial charge in [0, 0.05) is 10.7 Å². The third-order valence-electron chi connectivity index (χ3n) is 3.54. The van der Waals surface area contributed by atoms with Crippen molar-refractivity contribution in [3.05, 3.63) is 35.2 Å². The van der Waals surface area contributed by atoms with Crippen molar-refractivity contribution >= 4 is 21.4 Å². The fraction of sp³-hybridized carbons (Fsp3) is 0.429. The minimum Gasteiger partial charge on any atom is -0.310 e. The van der Waals surface area contributed by atoms with Crippen molar-refractivity contribution in [2.75, 3.05) is 6.54 Å². The quantitative estimate of drug-likeness (QED) is 0.783. The summed E-state index contributed by atoms with van der Waals surface area (Å²) in [6, 6.07) is 9.68. The summed E-state index contributed by atoms with van der Waals surface area (Å²) in [5.74, 6) is 0.834. The Kier molecular flexibility index (Phi) is 2.70. The predicted octanol–water partition coefficient (Wildman–Crippen LogP) is 3.96. The van der Waals surface area contributed by atoms with Gasteiger partial charge in [-0.15, -0.1) is 11.3 Å². The fourth-order valence-corrected chi connectivity index (χ4v) is 3.26. The van der Waals surface area contributed by atoms with Crippen molar-refractivity contribution in [3.63, 3.8) is 0 Å². The van der Waals surface area contributed by atoms with Crippen molar-refractivity contribution in [1.82, 2.24) is 5.32 Å². The maximum absolute atomic E-state index is 3.65. The van der Waals surface area contributed by atoms with E-state index in [1.54, 1.807) is 0 Å². The Morgan fingerprint density at radius 2 is 2.19 bits per heavy atom. The molecule has 0 amide bonds. The van der Waals surface area contributed by atoms with E-state index in [4.69, 9.17) is 0 Å². The summed E-state index contributed by atoms with van der Waals surface area (Å²) in [6.07, 6.45) is 2.62. The van der Waals surface area contributed by atoms with Gasteiger partial charge in [-0.1, -0.05) is 13.0 Å². The highest BCUT2D eigenvalue weighted by Gasteiger charge is 2.18. The second-order valence-electron chi connectivity index (χ2n) is 4.86. The molecule has 2 heterocycles. The van der Waals surface area contributed by atoms with Crippen molar-refractivity contribution in [2.24, 2.45) is 5.92 Å². The molecule has 1 aliphatic rings. The van der Waals surface area contributed by atoms with Gasteiger partial charge in [0.15, 0.2) is 0 Å². The second-order valence-corrected chi connectivity index (χ2v) is 5.81. The average Bonchev–Trinajstić information content (AvgIpc) is 2.77. The molecule has 0 unspecified atom stereocenters. The molecule has 2 atom stereocenters. The molecule has 0 bridgehead atoms. The molecule has 3 rings (SSSR count). The summed E-state index contributed by atoms with van der Waals surface area (Å²) >= 11 is 1.82. The van der Waals surface area contributed by atoms with Crippen LogP contribution in [0, 0.1) is 5.92 Å². The molecular formula is C14H17NS. The minimum atomic E-state index is 0.570. The van der Waals surface area contributed by atoms with E-state index >= 15 is 0 Å². The van der Waals surface area contributed by atoms with E-state index in [9.17, 15) is 0 Å². The number of nitrogens with one attached hydrogen (secondary N) is 1. The lowest BCUT2D eigenvalue weighted by atomic mass is 9.92. The van der Waals surface area contributed by atoms with Gasteiger partial charge in [0.05, 0.1) is 0 Å². The molecule has 2 heteroatoms. The highest BCUT2D eigenvalue weighted by Crippen LogP contribution is 2.29. The van der Waals surface area contributed by atoms with Crippen molar-refractivity contribution in [2.45, 2.75) is 25.8 Å². The first-order valence-corrected chi connectivity index (χ1v) is 6.91. The molecule has 1 saturated heterocycles. The zero-order valence-corrected chi connectivity index (χ0v) is 10.4. The number of rotatable bonds is 1. The van der Waals surface area contributed by atoms with Crippen LogP contribution in [0.15, 0.2) is 29.6 Å². The monoisotopic (exact) mass is 231 g/mol. The van der Waals surface area contributed by atoms with Crippen LogP contribution in [0.3, 0.4) is 0 Å². The van der Waals surface area contributed by atoms with Crippen molar-refractivity contribution in [3.8, 4) is 0 Å². The zero-order chi connectivity index (χ0) is 11.0. The number of piperidine rings is 1. The van der Waals surface area contributed by atoms with E-state index in [0.29, 0.717) is 6.04 Å². The highest BCUT2D eigenvalue weighted by atomic mass is 32.1. The molecule has 84 valence electrons. The average molecular weight is 231 g/mol. The Hall–Kier alpha value is -0.860. The van der Waals surface area contributed by atoms with E-state index in [1.807, 2.05) is 11.3 Å². The molecule has 0 spiro atoms. The first-order valence-electron chi connectivity index (χ1n) is 6.03. The van der Waals surface area contributed by atoms with Crippen LogP contribution in [-0.4, -0.2) is 6.54 Å². The van der Waals surface area contributed by atoms with Gasteiger partial charge in [-0.05, 0) is 59.8 Å². The van der Waals surface area contributed by atoms with E-state index in [0.717, 1.165) is 12.5 Å². The summed E-state index contributed by atoms with van der Waals surface area (Å²) in [6.45, 7) is 3.48. The van der Waals surface area contributed by atoms with Crippen LogP contribution in [0.1, 0.15) is 31.4 Å². The van der Waals surface area contributed by atoms with Gasteiger partial charge in [0.2, 0.25) is 0 Å². The van der Waals surface area contributed by atoms with E-state index in [1.165, 1.54) is 28.5 Å². The molecule has 1 aliphatic heterocycles. The summed E-state index contributed by atoms with van der Waals surface area (Å²) < 4.78 is 1.40. The molecule has 0 aliphatic carbocycles. The van der Waals surface area contributed by atoms with Crippen LogP contribution < -0.4 is 5.32 Å². The van der Waals surface area contributed by atoms with E-state index in [2.05, 4.69) is 41.9 Å².